The summed E-state index contributed by atoms with van der Waals surface area (Å²) < 4.78 is 0.619. The van der Waals surface area contributed by atoms with Crippen molar-refractivity contribution < 1.29 is 9.59 Å². The van der Waals surface area contributed by atoms with E-state index in [1.807, 2.05) is 60.7 Å². The molecule has 2 amide bonds. The van der Waals surface area contributed by atoms with Gasteiger partial charge in [0.2, 0.25) is 11.0 Å². The highest BCUT2D eigenvalue weighted by molar-refractivity contribution is 8.01. The summed E-state index contributed by atoms with van der Waals surface area (Å²) in [5.74, 6) is -0.138. The summed E-state index contributed by atoms with van der Waals surface area (Å²) in [6.45, 7) is 2.17. The molecule has 1 heterocycles. The minimum Gasteiger partial charge on any atom is -0.325 e. The van der Waals surface area contributed by atoms with Crippen LogP contribution in [-0.2, 0) is 11.2 Å². The summed E-state index contributed by atoms with van der Waals surface area (Å²) in [6, 6.07) is 21.3. The maximum Gasteiger partial charge on any atom is 0.258 e. The first-order valence-corrected chi connectivity index (χ1v) is 12.6. The van der Waals surface area contributed by atoms with E-state index in [0.717, 1.165) is 35.7 Å². The van der Waals surface area contributed by atoms with Crippen LogP contribution >= 0.6 is 23.1 Å². The number of unbranched alkanes of at least 4 members (excludes halogenated alkanes) is 1. The molecule has 0 atom stereocenters. The van der Waals surface area contributed by atoms with E-state index in [2.05, 4.69) is 27.8 Å². The maximum absolute atomic E-state index is 12.7. The van der Waals surface area contributed by atoms with Crippen molar-refractivity contribution >= 4 is 56.5 Å². The van der Waals surface area contributed by atoms with Gasteiger partial charge in [-0.1, -0.05) is 85.0 Å². The lowest BCUT2D eigenvalue weighted by atomic mass is 10.0. The van der Waals surface area contributed by atoms with E-state index in [1.165, 1.54) is 28.7 Å². The second kappa shape index (κ2) is 11.1. The van der Waals surface area contributed by atoms with Gasteiger partial charge in [-0.25, -0.2) is 0 Å². The van der Waals surface area contributed by atoms with Crippen LogP contribution < -0.4 is 10.6 Å². The highest BCUT2D eigenvalue weighted by Crippen LogP contribution is 2.27. The van der Waals surface area contributed by atoms with Crippen LogP contribution in [0.2, 0.25) is 0 Å². The van der Waals surface area contributed by atoms with Crippen LogP contribution in [0.5, 0.6) is 0 Å². The molecule has 0 saturated carbocycles. The minimum atomic E-state index is -0.236. The van der Waals surface area contributed by atoms with Gasteiger partial charge in [-0.05, 0) is 47.4 Å². The molecule has 3 aromatic carbocycles. The first kappa shape index (κ1) is 22.9. The van der Waals surface area contributed by atoms with Crippen molar-refractivity contribution in [2.24, 2.45) is 0 Å². The number of aromatic nitrogens is 2. The van der Waals surface area contributed by atoms with Crippen LogP contribution in [0, 0.1) is 0 Å². The summed E-state index contributed by atoms with van der Waals surface area (Å²) in [5.41, 5.74) is 2.63. The van der Waals surface area contributed by atoms with Crippen molar-refractivity contribution in [3.8, 4) is 0 Å². The van der Waals surface area contributed by atoms with Crippen molar-refractivity contribution in [1.29, 1.82) is 0 Å². The average Bonchev–Trinajstić information content (AvgIpc) is 3.29. The van der Waals surface area contributed by atoms with Crippen molar-refractivity contribution in [2.75, 3.05) is 16.4 Å². The highest BCUT2D eigenvalue weighted by atomic mass is 32.2. The number of hydrogen-bond acceptors (Lipinski definition) is 6. The van der Waals surface area contributed by atoms with Crippen molar-refractivity contribution in [3.05, 3.63) is 77.9 Å². The molecule has 33 heavy (non-hydrogen) atoms. The number of fused-ring (bicyclic) bond motifs is 1. The van der Waals surface area contributed by atoms with E-state index in [9.17, 15) is 9.59 Å². The Balaban J connectivity index is 1.29. The van der Waals surface area contributed by atoms with E-state index < -0.39 is 0 Å². The van der Waals surface area contributed by atoms with Gasteiger partial charge in [-0.3, -0.25) is 14.9 Å². The van der Waals surface area contributed by atoms with E-state index in [4.69, 9.17) is 0 Å². The minimum absolute atomic E-state index is 0.113. The van der Waals surface area contributed by atoms with Gasteiger partial charge in [-0.15, -0.1) is 10.2 Å². The van der Waals surface area contributed by atoms with Gasteiger partial charge >= 0.3 is 0 Å². The van der Waals surface area contributed by atoms with Crippen LogP contribution in [0.3, 0.4) is 0 Å². The average molecular weight is 477 g/mol. The molecule has 168 valence electrons. The Morgan fingerprint density at radius 3 is 2.55 bits per heavy atom. The third-order valence-corrected chi connectivity index (χ3v) is 7.02. The Hall–Kier alpha value is -3.23. The Kier molecular flexibility index (Phi) is 7.70. The lowest BCUT2D eigenvalue weighted by Crippen LogP contribution is -2.13. The van der Waals surface area contributed by atoms with Crippen molar-refractivity contribution in [1.82, 2.24) is 10.2 Å². The molecular weight excluding hydrogens is 452 g/mol. The fourth-order valence-electron chi connectivity index (χ4n) is 3.37. The number of aryl methyl sites for hydroxylation is 1. The second-order valence-corrected chi connectivity index (χ2v) is 9.69. The number of benzene rings is 3. The lowest BCUT2D eigenvalue weighted by Gasteiger charge is -2.06. The molecule has 0 bridgehead atoms. The normalized spacial score (nSPS) is 10.8. The van der Waals surface area contributed by atoms with Gasteiger partial charge in [0.15, 0.2) is 4.34 Å². The Morgan fingerprint density at radius 1 is 0.939 bits per heavy atom. The molecule has 0 aliphatic heterocycles. The zero-order chi connectivity index (χ0) is 23.0. The van der Waals surface area contributed by atoms with Gasteiger partial charge in [0.05, 0.1) is 5.75 Å². The van der Waals surface area contributed by atoms with Gasteiger partial charge in [0, 0.05) is 11.3 Å². The number of thioether (sulfide) groups is 1. The molecule has 0 fully saturated rings. The standard InChI is InChI=1S/C25H24N4O2S2/c1-2-3-7-17-12-14-19(15-13-17)26-22(30)16-32-25-29-28-24(33-25)27-23(31)21-11-6-9-18-8-4-5-10-20(18)21/h4-6,8-15H,2-3,7,16H2,1H3,(H,26,30)(H,27,28,31). The van der Waals surface area contributed by atoms with Crippen LogP contribution in [0.15, 0.2) is 71.1 Å². The van der Waals surface area contributed by atoms with Crippen LogP contribution in [-0.4, -0.2) is 27.8 Å². The Bertz CT molecular complexity index is 1250. The zero-order valence-corrected chi connectivity index (χ0v) is 19.8. The topological polar surface area (TPSA) is 84.0 Å². The predicted molar refractivity (Wildman–Crippen MR) is 136 cm³/mol. The molecule has 0 aliphatic rings. The molecule has 1 aromatic heterocycles. The third-order valence-electron chi connectivity index (χ3n) is 5.04. The first-order chi connectivity index (χ1) is 16.1. The first-order valence-electron chi connectivity index (χ1n) is 10.8. The molecule has 0 radical (unpaired) electrons. The van der Waals surface area contributed by atoms with Crippen molar-refractivity contribution in [2.45, 2.75) is 30.5 Å². The quantitative estimate of drug-likeness (QED) is 0.228. The van der Waals surface area contributed by atoms with E-state index in [1.54, 1.807) is 6.07 Å². The fourth-order valence-corrected chi connectivity index (χ4v) is 4.91. The Labute approximate surface area is 200 Å². The largest absolute Gasteiger partial charge is 0.325 e. The van der Waals surface area contributed by atoms with Gasteiger partial charge in [0.1, 0.15) is 0 Å². The zero-order valence-electron chi connectivity index (χ0n) is 18.2. The monoisotopic (exact) mass is 476 g/mol. The van der Waals surface area contributed by atoms with Gasteiger partial charge in [0.25, 0.3) is 5.91 Å². The second-order valence-electron chi connectivity index (χ2n) is 7.49. The van der Waals surface area contributed by atoms with Gasteiger partial charge < -0.3 is 5.32 Å². The SMILES string of the molecule is CCCCc1ccc(NC(=O)CSc2nnc(NC(=O)c3cccc4ccccc34)s2)cc1. The lowest BCUT2D eigenvalue weighted by molar-refractivity contribution is -0.113. The van der Waals surface area contributed by atoms with E-state index in [0.29, 0.717) is 15.0 Å². The number of amides is 2. The number of rotatable bonds is 9. The molecule has 4 rings (SSSR count). The number of carbonyl (C=O) groups is 2. The van der Waals surface area contributed by atoms with Crippen LogP contribution in [0.1, 0.15) is 35.7 Å². The van der Waals surface area contributed by atoms with E-state index >= 15 is 0 Å². The number of nitrogens with zero attached hydrogens (tertiary/aromatic N) is 2. The van der Waals surface area contributed by atoms with Crippen LogP contribution in [0.4, 0.5) is 10.8 Å². The summed E-state index contributed by atoms with van der Waals surface area (Å²) in [6.07, 6.45) is 3.38. The maximum atomic E-state index is 12.7. The summed E-state index contributed by atoms with van der Waals surface area (Å²) in [5, 5.41) is 16.1. The molecule has 4 aromatic rings. The number of anilines is 2. The van der Waals surface area contributed by atoms with Gasteiger partial charge in [-0.2, -0.15) is 0 Å². The summed E-state index contributed by atoms with van der Waals surface area (Å²) in [4.78, 5) is 25.0. The third kappa shape index (κ3) is 6.18. The highest BCUT2D eigenvalue weighted by Gasteiger charge is 2.14. The fraction of sp³-hybridized carbons (Fsp3) is 0.200. The molecule has 6 nitrogen and oxygen atoms in total. The predicted octanol–water partition coefficient (Wildman–Crippen LogP) is 6.02. The van der Waals surface area contributed by atoms with E-state index in [-0.39, 0.29) is 17.6 Å². The summed E-state index contributed by atoms with van der Waals surface area (Å²) >= 11 is 2.54. The smallest absolute Gasteiger partial charge is 0.258 e. The molecular formula is C25H24N4O2S2. The van der Waals surface area contributed by atoms with Crippen LogP contribution in [0.25, 0.3) is 10.8 Å². The Morgan fingerprint density at radius 2 is 1.73 bits per heavy atom. The molecule has 0 unspecified atom stereocenters. The van der Waals surface area contributed by atoms with Crippen molar-refractivity contribution in [3.63, 3.8) is 0 Å². The molecule has 2 N–H and O–H groups in total. The molecule has 8 heteroatoms. The number of carbonyl (C=O) groups excluding carboxylic acids is 2. The number of nitrogens with one attached hydrogen (secondary N) is 2. The molecule has 0 spiro atoms. The number of hydrogen-bond donors (Lipinski definition) is 2. The summed E-state index contributed by atoms with van der Waals surface area (Å²) in [7, 11) is 0. The molecule has 0 saturated heterocycles. The molecule has 0 aliphatic carbocycles.